The van der Waals surface area contributed by atoms with Crippen molar-refractivity contribution in [1.29, 1.82) is 0 Å². The normalized spacial score (nSPS) is 14.1. The van der Waals surface area contributed by atoms with Crippen LogP contribution in [0.2, 0.25) is 0 Å². The van der Waals surface area contributed by atoms with Crippen molar-refractivity contribution in [3.8, 4) is 62.6 Å². The zero-order valence-corrected chi connectivity index (χ0v) is 31.1. The van der Waals surface area contributed by atoms with E-state index in [4.69, 9.17) is 19.9 Å². The highest BCUT2D eigenvalue weighted by Gasteiger charge is 2.34. The average molecular weight is 745 g/mol. The molecule has 0 saturated heterocycles. The van der Waals surface area contributed by atoms with Gasteiger partial charge in [-0.05, 0) is 54.4 Å². The zero-order chi connectivity index (χ0) is 38.2. The molecule has 8 nitrogen and oxygen atoms in total. The van der Waals surface area contributed by atoms with Crippen LogP contribution >= 0.6 is 0 Å². The van der Waals surface area contributed by atoms with Crippen molar-refractivity contribution in [1.82, 2.24) is 39.0 Å². The van der Waals surface area contributed by atoms with Crippen LogP contribution in [0.4, 0.5) is 0 Å². The Morgan fingerprint density at radius 3 is 1.74 bits per heavy atom. The number of para-hydroxylation sites is 3. The van der Waals surface area contributed by atoms with Crippen LogP contribution in [-0.2, 0) is 0 Å². The smallest absolute Gasteiger partial charge is 0.238 e. The molecule has 5 aromatic carbocycles. The second kappa shape index (κ2) is 12.9. The second-order valence-electron chi connectivity index (χ2n) is 14.7. The molecule has 10 aromatic rings. The van der Waals surface area contributed by atoms with Gasteiger partial charge >= 0.3 is 0 Å². The van der Waals surface area contributed by atoms with Crippen LogP contribution in [0, 0.1) is 0 Å². The minimum absolute atomic E-state index is 0.146. The van der Waals surface area contributed by atoms with Gasteiger partial charge in [0.1, 0.15) is 5.82 Å². The number of fused-ring (bicyclic) bond motifs is 11. The van der Waals surface area contributed by atoms with Crippen LogP contribution in [0.15, 0.2) is 170 Å². The Hall–Kier alpha value is -7.84. The average Bonchev–Trinajstić information content (AvgIpc) is 3.86. The van der Waals surface area contributed by atoms with Crippen molar-refractivity contribution in [2.45, 2.75) is 12.3 Å². The van der Waals surface area contributed by atoms with Crippen molar-refractivity contribution in [2.75, 3.05) is 0 Å². The molecule has 1 unspecified atom stereocenters. The first-order valence-electron chi connectivity index (χ1n) is 19.5. The summed E-state index contributed by atoms with van der Waals surface area (Å²) in [5.41, 5.74) is 12.5. The molecule has 0 fully saturated rings. The second-order valence-corrected chi connectivity index (χ2v) is 14.7. The molecule has 0 spiro atoms. The Morgan fingerprint density at radius 2 is 1.07 bits per heavy atom. The molecule has 0 radical (unpaired) electrons. The fraction of sp³-hybridized carbons (Fsp3) is 0.0400. The van der Waals surface area contributed by atoms with Gasteiger partial charge in [0.15, 0.2) is 11.6 Å². The summed E-state index contributed by atoms with van der Waals surface area (Å²) in [6, 6.07) is 54.3. The molecule has 1 atom stereocenters. The Bertz CT molecular complexity index is 3250. The van der Waals surface area contributed by atoms with Crippen LogP contribution in [-0.4, -0.2) is 39.0 Å². The summed E-state index contributed by atoms with van der Waals surface area (Å²) in [6.45, 7) is 0. The molecule has 0 N–H and O–H groups in total. The predicted molar refractivity (Wildman–Crippen MR) is 229 cm³/mol. The van der Waals surface area contributed by atoms with E-state index in [-0.39, 0.29) is 5.92 Å². The maximum absolute atomic E-state index is 5.29. The maximum atomic E-state index is 5.29. The van der Waals surface area contributed by atoms with E-state index in [0.29, 0.717) is 17.6 Å². The predicted octanol–water partition coefficient (Wildman–Crippen LogP) is 9.23. The first-order chi connectivity index (χ1) is 28.8. The Balaban J connectivity index is 1.11. The van der Waals surface area contributed by atoms with Crippen molar-refractivity contribution < 1.29 is 0 Å². The van der Waals surface area contributed by atoms with Gasteiger partial charge in [-0.1, -0.05) is 121 Å². The molecule has 6 heterocycles. The monoisotopic (exact) mass is 744 g/mol. The summed E-state index contributed by atoms with van der Waals surface area (Å²) in [7, 11) is 0. The summed E-state index contributed by atoms with van der Waals surface area (Å²) >= 11 is 0. The molecule has 0 bridgehead atoms. The van der Waals surface area contributed by atoms with Crippen LogP contribution in [0.1, 0.15) is 17.9 Å². The van der Waals surface area contributed by atoms with E-state index in [0.717, 1.165) is 73.2 Å². The van der Waals surface area contributed by atoms with Crippen LogP contribution in [0.3, 0.4) is 0 Å². The third-order valence-corrected chi connectivity index (χ3v) is 11.5. The van der Waals surface area contributed by atoms with Gasteiger partial charge in [0, 0.05) is 62.4 Å². The number of nitrogens with zero attached hydrogens (tertiary/aromatic N) is 8. The van der Waals surface area contributed by atoms with Gasteiger partial charge in [0.2, 0.25) is 5.95 Å². The summed E-state index contributed by atoms with van der Waals surface area (Å²) in [6.07, 6.45) is 6.82. The van der Waals surface area contributed by atoms with E-state index in [1.807, 2.05) is 48.8 Å². The molecule has 272 valence electrons. The lowest BCUT2D eigenvalue weighted by atomic mass is 9.82. The van der Waals surface area contributed by atoms with E-state index in [9.17, 15) is 0 Å². The van der Waals surface area contributed by atoms with Crippen LogP contribution < -0.4 is 10.6 Å². The lowest BCUT2D eigenvalue weighted by Crippen LogP contribution is -2.38. The van der Waals surface area contributed by atoms with E-state index < -0.39 is 0 Å². The zero-order valence-electron chi connectivity index (χ0n) is 31.1. The van der Waals surface area contributed by atoms with Gasteiger partial charge in [-0.2, -0.15) is 9.97 Å². The van der Waals surface area contributed by atoms with Crippen molar-refractivity contribution in [3.63, 3.8) is 0 Å². The van der Waals surface area contributed by atoms with Crippen molar-refractivity contribution in [3.05, 3.63) is 186 Å². The van der Waals surface area contributed by atoms with Crippen molar-refractivity contribution in [2.24, 2.45) is 0 Å². The summed E-state index contributed by atoms with van der Waals surface area (Å²) in [4.78, 5) is 30.1. The molecular weight excluding hydrogens is 713 g/mol. The SMILES string of the molecule is C1=c2c(c3ccccc3n2-c2nc(-c3ccc(-c4ccccn4)cc3)nc(-c3ccc(-c4ccccn4)cc3)n2)=C2C(C1)c1ccccc1-c1nc3ccccc3n12. The molecule has 1 aliphatic carbocycles. The topological polar surface area (TPSA) is 87.2 Å². The number of aromatic nitrogens is 8. The number of benzene rings is 5. The van der Waals surface area contributed by atoms with E-state index in [1.54, 1.807) is 0 Å². The number of imidazole rings is 1. The van der Waals surface area contributed by atoms with Gasteiger partial charge in [-0.25, -0.2) is 9.97 Å². The minimum Gasteiger partial charge on any atom is -0.295 e. The Labute approximate surface area is 332 Å². The fourth-order valence-corrected chi connectivity index (χ4v) is 8.82. The standard InChI is InChI=1S/C50H32N8/c1-2-12-37-35(11-1)36-27-28-44-45(46(36)58-43-18-6-4-16-41(43)53-49(37)58)38-13-3-5-17-42(38)57(44)50-55-47(33-23-19-31(20-24-33)39-14-7-9-29-51-39)54-48(56-50)34-25-21-32(22-26-34)40-15-8-10-30-52-40/h1-26,28-30,36H,27H2. The highest BCUT2D eigenvalue weighted by atomic mass is 15.2. The van der Waals surface area contributed by atoms with E-state index >= 15 is 0 Å². The first kappa shape index (κ1) is 32.4. The van der Waals surface area contributed by atoms with Gasteiger partial charge in [-0.15, -0.1) is 0 Å². The lowest BCUT2D eigenvalue weighted by Gasteiger charge is -2.31. The van der Waals surface area contributed by atoms with E-state index in [2.05, 4.69) is 147 Å². The molecule has 58 heavy (non-hydrogen) atoms. The third-order valence-electron chi connectivity index (χ3n) is 11.5. The molecular formula is C50H32N8. The summed E-state index contributed by atoms with van der Waals surface area (Å²) < 4.78 is 4.63. The van der Waals surface area contributed by atoms with E-state index in [1.165, 1.54) is 22.0 Å². The molecule has 2 aliphatic rings. The number of rotatable bonds is 5. The van der Waals surface area contributed by atoms with Gasteiger partial charge < -0.3 is 0 Å². The van der Waals surface area contributed by atoms with Gasteiger partial charge in [-0.3, -0.25) is 19.1 Å². The first-order valence-corrected chi connectivity index (χ1v) is 19.5. The highest BCUT2D eigenvalue weighted by Crippen LogP contribution is 2.45. The number of hydrogen-bond acceptors (Lipinski definition) is 6. The molecule has 8 heteroatoms. The van der Waals surface area contributed by atoms with Crippen LogP contribution in [0.5, 0.6) is 0 Å². The minimum atomic E-state index is 0.146. The largest absolute Gasteiger partial charge is 0.295 e. The Morgan fingerprint density at radius 1 is 0.483 bits per heavy atom. The van der Waals surface area contributed by atoms with Gasteiger partial charge in [0.25, 0.3) is 0 Å². The quantitative estimate of drug-likeness (QED) is 0.175. The Kier molecular flexibility index (Phi) is 7.19. The molecule has 1 aliphatic heterocycles. The highest BCUT2D eigenvalue weighted by molar-refractivity contribution is 5.94. The molecule has 0 saturated carbocycles. The lowest BCUT2D eigenvalue weighted by molar-refractivity contribution is 0.802. The maximum Gasteiger partial charge on any atom is 0.238 e. The number of pyridine rings is 2. The van der Waals surface area contributed by atoms with Crippen molar-refractivity contribution >= 4 is 33.7 Å². The number of hydrogen-bond donors (Lipinski definition) is 0. The van der Waals surface area contributed by atoms with Gasteiger partial charge in [0.05, 0.1) is 33.3 Å². The molecule has 5 aromatic heterocycles. The third kappa shape index (κ3) is 5.01. The summed E-state index contributed by atoms with van der Waals surface area (Å²) in [5, 5.41) is 3.38. The van der Waals surface area contributed by atoms with Crippen LogP contribution in [0.25, 0.3) is 96.3 Å². The molecule has 0 amide bonds. The molecule has 12 rings (SSSR count). The fourth-order valence-electron chi connectivity index (χ4n) is 8.82. The summed E-state index contributed by atoms with van der Waals surface area (Å²) in [5.74, 6) is 2.85.